The van der Waals surface area contributed by atoms with Crippen LogP contribution in [0.4, 0.5) is 4.79 Å². The van der Waals surface area contributed by atoms with Crippen molar-refractivity contribution in [3.05, 3.63) is 57.8 Å². The first kappa shape index (κ1) is 18.5. The van der Waals surface area contributed by atoms with Gasteiger partial charge in [0, 0.05) is 18.5 Å². The van der Waals surface area contributed by atoms with E-state index in [4.69, 9.17) is 0 Å². The van der Waals surface area contributed by atoms with Crippen molar-refractivity contribution < 1.29 is 9.90 Å². The molecule has 5 heteroatoms. The summed E-state index contributed by atoms with van der Waals surface area (Å²) in [4.78, 5) is 15.3. The van der Waals surface area contributed by atoms with Gasteiger partial charge in [0.25, 0.3) is 0 Å². The monoisotopic (exact) mass is 346 g/mol. The summed E-state index contributed by atoms with van der Waals surface area (Å²) in [5, 5.41) is 14.6. The summed E-state index contributed by atoms with van der Waals surface area (Å²) in [7, 11) is 1.76. The second-order valence-electron chi connectivity index (χ2n) is 6.22. The quantitative estimate of drug-likeness (QED) is 0.802. The Labute approximate surface area is 148 Å². The van der Waals surface area contributed by atoms with Crippen molar-refractivity contribution in [1.82, 2.24) is 10.2 Å². The zero-order chi connectivity index (χ0) is 17.5. The van der Waals surface area contributed by atoms with Crippen molar-refractivity contribution in [2.24, 2.45) is 0 Å². The summed E-state index contributed by atoms with van der Waals surface area (Å²) in [6.07, 6.45) is 0.934. The first-order valence-electron chi connectivity index (χ1n) is 8.25. The van der Waals surface area contributed by atoms with Crippen molar-refractivity contribution in [3.63, 3.8) is 0 Å². The maximum absolute atomic E-state index is 12.5. The van der Waals surface area contributed by atoms with Crippen LogP contribution in [-0.2, 0) is 6.42 Å². The smallest absolute Gasteiger partial charge is 0.317 e. The molecule has 2 N–H and O–H groups in total. The Bertz CT molecular complexity index is 640. The predicted octanol–water partition coefficient (Wildman–Crippen LogP) is 3.75. The van der Waals surface area contributed by atoms with Crippen molar-refractivity contribution in [2.45, 2.75) is 38.8 Å². The van der Waals surface area contributed by atoms with Crippen LogP contribution in [0.1, 0.15) is 35.4 Å². The molecular formula is C19H26N2O2S. The van der Waals surface area contributed by atoms with Gasteiger partial charge in [-0.25, -0.2) is 4.79 Å². The molecule has 0 saturated heterocycles. The van der Waals surface area contributed by atoms with Crippen molar-refractivity contribution >= 4 is 17.4 Å². The van der Waals surface area contributed by atoms with E-state index in [2.05, 4.69) is 35.8 Å². The molecule has 0 radical (unpaired) electrons. The number of nitrogens with one attached hydrogen (secondary N) is 1. The van der Waals surface area contributed by atoms with E-state index in [1.54, 1.807) is 30.2 Å². The second kappa shape index (κ2) is 8.85. The van der Waals surface area contributed by atoms with E-state index in [9.17, 15) is 9.90 Å². The minimum atomic E-state index is -0.403. The number of aliphatic hydroxyl groups excluding tert-OH is 1. The Morgan fingerprint density at radius 1 is 1.29 bits per heavy atom. The van der Waals surface area contributed by atoms with Gasteiger partial charge in [-0.1, -0.05) is 30.3 Å². The summed E-state index contributed by atoms with van der Waals surface area (Å²) < 4.78 is 0. The summed E-state index contributed by atoms with van der Waals surface area (Å²) in [5.41, 5.74) is 2.40. The highest BCUT2D eigenvalue weighted by Gasteiger charge is 2.20. The van der Waals surface area contributed by atoms with Crippen LogP contribution in [-0.4, -0.2) is 35.7 Å². The number of rotatable bonds is 7. The van der Waals surface area contributed by atoms with E-state index in [-0.39, 0.29) is 12.1 Å². The van der Waals surface area contributed by atoms with E-state index in [0.29, 0.717) is 13.0 Å². The molecule has 130 valence electrons. The number of hydrogen-bond donors (Lipinski definition) is 2. The molecule has 0 fully saturated rings. The Morgan fingerprint density at radius 3 is 2.58 bits per heavy atom. The normalized spacial score (nSPS) is 13.3. The average Bonchev–Trinajstić information content (AvgIpc) is 2.98. The fraction of sp³-hybridized carbons (Fsp3) is 0.421. The summed E-state index contributed by atoms with van der Waals surface area (Å²) in [6.45, 7) is 4.34. The molecule has 0 aliphatic carbocycles. The molecule has 4 nitrogen and oxygen atoms in total. The van der Waals surface area contributed by atoms with Gasteiger partial charge in [0.1, 0.15) is 0 Å². The molecule has 2 unspecified atom stereocenters. The van der Waals surface area contributed by atoms with Gasteiger partial charge in [0.2, 0.25) is 0 Å². The molecule has 0 saturated carbocycles. The van der Waals surface area contributed by atoms with Crippen molar-refractivity contribution in [1.29, 1.82) is 0 Å². The number of benzene rings is 1. The minimum Gasteiger partial charge on any atom is -0.393 e. The molecule has 2 atom stereocenters. The standard InChI is InChI=1S/C19H26N2O2S/c1-14-10-12-24-18(14)17(13-16-7-5-4-6-8-16)20-19(23)21(3)11-9-15(2)22/h4-8,10,12,15,17,22H,9,11,13H2,1-3H3,(H,20,23). The number of thiophene rings is 1. The molecule has 1 heterocycles. The number of carbonyl (C=O) groups excluding carboxylic acids is 1. The lowest BCUT2D eigenvalue weighted by Gasteiger charge is -2.24. The van der Waals surface area contributed by atoms with Crippen LogP contribution in [0, 0.1) is 6.92 Å². The number of hydrogen-bond acceptors (Lipinski definition) is 3. The van der Waals surface area contributed by atoms with Gasteiger partial charge in [0.05, 0.1) is 12.1 Å². The van der Waals surface area contributed by atoms with Crippen LogP contribution in [0.25, 0.3) is 0 Å². The minimum absolute atomic E-state index is 0.0473. The Hall–Kier alpha value is -1.85. The number of urea groups is 1. The summed E-state index contributed by atoms with van der Waals surface area (Å²) in [6, 6.07) is 12.1. The molecule has 24 heavy (non-hydrogen) atoms. The maximum atomic E-state index is 12.5. The molecule has 2 aromatic rings. The van der Waals surface area contributed by atoms with Crippen LogP contribution in [0.5, 0.6) is 0 Å². The highest BCUT2D eigenvalue weighted by Crippen LogP contribution is 2.27. The molecule has 1 aromatic heterocycles. The molecule has 2 amide bonds. The second-order valence-corrected chi connectivity index (χ2v) is 7.17. The molecule has 0 bridgehead atoms. The average molecular weight is 346 g/mol. The molecule has 2 rings (SSSR count). The van der Waals surface area contributed by atoms with E-state index < -0.39 is 6.10 Å². The lowest BCUT2D eigenvalue weighted by Crippen LogP contribution is -2.41. The fourth-order valence-corrected chi connectivity index (χ4v) is 3.52. The third-order valence-electron chi connectivity index (χ3n) is 4.03. The largest absolute Gasteiger partial charge is 0.393 e. The first-order valence-corrected chi connectivity index (χ1v) is 9.13. The van der Waals surface area contributed by atoms with Gasteiger partial charge in [-0.3, -0.25) is 0 Å². The first-order chi connectivity index (χ1) is 11.5. The zero-order valence-corrected chi connectivity index (χ0v) is 15.3. The van der Waals surface area contributed by atoms with Crippen LogP contribution in [0.15, 0.2) is 41.8 Å². The van der Waals surface area contributed by atoms with Crippen LogP contribution in [0.3, 0.4) is 0 Å². The third-order valence-corrected chi connectivity index (χ3v) is 5.16. The van der Waals surface area contributed by atoms with Gasteiger partial charge in [-0.05, 0) is 49.3 Å². The highest BCUT2D eigenvalue weighted by molar-refractivity contribution is 7.10. The summed E-state index contributed by atoms with van der Waals surface area (Å²) in [5.74, 6) is 0. The number of aryl methyl sites for hydroxylation is 1. The molecular weight excluding hydrogens is 320 g/mol. The SMILES string of the molecule is Cc1ccsc1C(Cc1ccccc1)NC(=O)N(C)CCC(C)O. The third kappa shape index (κ3) is 5.35. The van der Waals surface area contributed by atoms with Crippen molar-refractivity contribution in [2.75, 3.05) is 13.6 Å². The van der Waals surface area contributed by atoms with Crippen LogP contribution in [0.2, 0.25) is 0 Å². The van der Waals surface area contributed by atoms with Gasteiger partial charge in [-0.15, -0.1) is 11.3 Å². The zero-order valence-electron chi connectivity index (χ0n) is 14.5. The summed E-state index contributed by atoms with van der Waals surface area (Å²) >= 11 is 1.68. The molecule has 0 aliphatic heterocycles. The fourth-order valence-electron chi connectivity index (χ4n) is 2.54. The molecule has 0 aliphatic rings. The Morgan fingerprint density at radius 2 is 2.00 bits per heavy atom. The number of carbonyl (C=O) groups is 1. The number of aliphatic hydroxyl groups is 1. The Balaban J connectivity index is 2.09. The van der Waals surface area contributed by atoms with Gasteiger partial charge < -0.3 is 15.3 Å². The number of amides is 2. The van der Waals surface area contributed by atoms with E-state index in [1.807, 2.05) is 18.2 Å². The van der Waals surface area contributed by atoms with Gasteiger partial charge in [0.15, 0.2) is 0 Å². The van der Waals surface area contributed by atoms with E-state index in [0.717, 1.165) is 6.42 Å². The van der Waals surface area contributed by atoms with Crippen LogP contribution >= 0.6 is 11.3 Å². The lowest BCUT2D eigenvalue weighted by molar-refractivity contribution is 0.162. The Kier molecular flexibility index (Phi) is 6.82. The van der Waals surface area contributed by atoms with Gasteiger partial charge in [-0.2, -0.15) is 0 Å². The predicted molar refractivity (Wildman–Crippen MR) is 99.4 cm³/mol. The van der Waals surface area contributed by atoms with Crippen molar-refractivity contribution in [3.8, 4) is 0 Å². The maximum Gasteiger partial charge on any atom is 0.317 e. The topological polar surface area (TPSA) is 52.6 Å². The molecule has 1 aromatic carbocycles. The lowest BCUT2D eigenvalue weighted by atomic mass is 10.0. The highest BCUT2D eigenvalue weighted by atomic mass is 32.1. The molecule has 0 spiro atoms. The van der Waals surface area contributed by atoms with Crippen LogP contribution < -0.4 is 5.32 Å². The van der Waals surface area contributed by atoms with E-state index >= 15 is 0 Å². The van der Waals surface area contributed by atoms with Gasteiger partial charge >= 0.3 is 6.03 Å². The van der Waals surface area contributed by atoms with E-state index in [1.165, 1.54) is 16.0 Å². The number of nitrogens with zero attached hydrogens (tertiary/aromatic N) is 1.